The molecule has 0 aromatic heterocycles. The molecule has 0 saturated heterocycles. The van der Waals surface area contributed by atoms with Crippen molar-refractivity contribution in [1.29, 1.82) is 0 Å². The lowest BCUT2D eigenvalue weighted by Gasteiger charge is -2.08. The maximum Gasteiger partial charge on any atom is 0.0793 e. The van der Waals surface area contributed by atoms with E-state index >= 15 is 0 Å². The SMILES string of the molecule is C=CCC[C@H](O)c1ccc(Br)cc1. The lowest BCUT2D eigenvalue weighted by atomic mass is 10.1. The second kappa shape index (κ2) is 5.20. The summed E-state index contributed by atoms with van der Waals surface area (Å²) in [6.45, 7) is 3.62. The predicted molar refractivity (Wildman–Crippen MR) is 58.5 cm³/mol. The molecule has 1 aromatic carbocycles. The fourth-order valence-corrected chi connectivity index (χ4v) is 1.39. The Morgan fingerprint density at radius 1 is 1.38 bits per heavy atom. The van der Waals surface area contributed by atoms with Gasteiger partial charge in [0.1, 0.15) is 0 Å². The van der Waals surface area contributed by atoms with Crippen molar-refractivity contribution in [3.05, 3.63) is 47.0 Å². The number of benzene rings is 1. The number of halogens is 1. The van der Waals surface area contributed by atoms with Crippen molar-refractivity contribution in [2.45, 2.75) is 18.9 Å². The van der Waals surface area contributed by atoms with Gasteiger partial charge >= 0.3 is 0 Å². The second-order valence-corrected chi connectivity index (χ2v) is 3.85. The maximum absolute atomic E-state index is 9.68. The predicted octanol–water partition coefficient (Wildman–Crippen LogP) is 3.45. The van der Waals surface area contributed by atoms with Gasteiger partial charge in [0, 0.05) is 4.47 Å². The third-order valence-electron chi connectivity index (χ3n) is 1.90. The van der Waals surface area contributed by atoms with Crippen LogP contribution < -0.4 is 0 Å². The van der Waals surface area contributed by atoms with Gasteiger partial charge in [0.05, 0.1) is 6.10 Å². The minimum Gasteiger partial charge on any atom is -0.388 e. The van der Waals surface area contributed by atoms with Gasteiger partial charge in [-0.1, -0.05) is 34.1 Å². The minimum absolute atomic E-state index is 0.369. The van der Waals surface area contributed by atoms with Crippen molar-refractivity contribution in [3.8, 4) is 0 Å². The summed E-state index contributed by atoms with van der Waals surface area (Å²) in [5.41, 5.74) is 0.963. The van der Waals surface area contributed by atoms with E-state index in [2.05, 4.69) is 22.5 Å². The first-order valence-electron chi connectivity index (χ1n) is 4.28. The molecule has 0 radical (unpaired) electrons. The van der Waals surface area contributed by atoms with Crippen LogP contribution in [-0.2, 0) is 0 Å². The summed E-state index contributed by atoms with van der Waals surface area (Å²) in [5.74, 6) is 0. The van der Waals surface area contributed by atoms with Crippen LogP contribution in [0.2, 0.25) is 0 Å². The molecule has 1 aromatic rings. The van der Waals surface area contributed by atoms with E-state index in [1.165, 1.54) is 0 Å². The van der Waals surface area contributed by atoms with E-state index in [9.17, 15) is 5.11 Å². The Labute approximate surface area is 87.2 Å². The zero-order chi connectivity index (χ0) is 9.68. The Kier molecular flexibility index (Phi) is 4.19. The smallest absolute Gasteiger partial charge is 0.0793 e. The van der Waals surface area contributed by atoms with Gasteiger partial charge in [0.2, 0.25) is 0 Å². The highest BCUT2D eigenvalue weighted by molar-refractivity contribution is 9.10. The normalized spacial score (nSPS) is 12.5. The molecule has 70 valence electrons. The van der Waals surface area contributed by atoms with Gasteiger partial charge in [-0.05, 0) is 30.5 Å². The largest absolute Gasteiger partial charge is 0.388 e. The molecule has 1 atom stereocenters. The highest BCUT2D eigenvalue weighted by Gasteiger charge is 2.04. The number of hydrogen-bond acceptors (Lipinski definition) is 1. The molecule has 0 bridgehead atoms. The van der Waals surface area contributed by atoms with Crippen molar-refractivity contribution in [2.24, 2.45) is 0 Å². The van der Waals surface area contributed by atoms with Crippen LogP contribution in [0.4, 0.5) is 0 Å². The standard InChI is InChI=1S/C11H13BrO/c1-2-3-4-11(13)9-5-7-10(12)8-6-9/h2,5-8,11,13H,1,3-4H2/t11-/m0/s1. The average molecular weight is 241 g/mol. The van der Waals surface area contributed by atoms with E-state index in [1.54, 1.807) is 0 Å². The fraction of sp³-hybridized carbons (Fsp3) is 0.273. The van der Waals surface area contributed by atoms with Crippen LogP contribution in [0.25, 0.3) is 0 Å². The van der Waals surface area contributed by atoms with Crippen molar-refractivity contribution in [1.82, 2.24) is 0 Å². The van der Waals surface area contributed by atoms with Gasteiger partial charge in [-0.3, -0.25) is 0 Å². The van der Waals surface area contributed by atoms with Crippen LogP contribution in [0.15, 0.2) is 41.4 Å². The van der Waals surface area contributed by atoms with E-state index in [1.807, 2.05) is 30.3 Å². The van der Waals surface area contributed by atoms with Crippen LogP contribution in [0.3, 0.4) is 0 Å². The molecule has 2 heteroatoms. The Morgan fingerprint density at radius 2 is 2.00 bits per heavy atom. The van der Waals surface area contributed by atoms with Crippen LogP contribution in [0.1, 0.15) is 24.5 Å². The molecule has 0 unspecified atom stereocenters. The summed E-state index contributed by atoms with van der Waals surface area (Å²) in [4.78, 5) is 0. The molecule has 0 spiro atoms. The van der Waals surface area contributed by atoms with Gasteiger partial charge in [-0.2, -0.15) is 0 Å². The molecule has 0 saturated carbocycles. The van der Waals surface area contributed by atoms with Gasteiger partial charge in [0.25, 0.3) is 0 Å². The zero-order valence-corrected chi connectivity index (χ0v) is 9.00. The number of aliphatic hydroxyl groups is 1. The number of aliphatic hydroxyl groups excluding tert-OH is 1. The second-order valence-electron chi connectivity index (χ2n) is 2.93. The summed E-state index contributed by atoms with van der Waals surface area (Å²) >= 11 is 3.35. The van der Waals surface area contributed by atoms with Crippen LogP contribution >= 0.6 is 15.9 Å². The topological polar surface area (TPSA) is 20.2 Å². The van der Waals surface area contributed by atoms with Gasteiger partial charge < -0.3 is 5.11 Å². The monoisotopic (exact) mass is 240 g/mol. The van der Waals surface area contributed by atoms with Crippen LogP contribution in [0, 0.1) is 0 Å². The molecule has 0 amide bonds. The van der Waals surface area contributed by atoms with Gasteiger partial charge in [-0.25, -0.2) is 0 Å². The Morgan fingerprint density at radius 3 is 2.54 bits per heavy atom. The van der Waals surface area contributed by atoms with Crippen molar-refractivity contribution in [2.75, 3.05) is 0 Å². The molecule has 0 aliphatic carbocycles. The van der Waals surface area contributed by atoms with E-state index in [0.29, 0.717) is 0 Å². The van der Waals surface area contributed by atoms with E-state index < -0.39 is 0 Å². The van der Waals surface area contributed by atoms with Gasteiger partial charge in [0.15, 0.2) is 0 Å². The zero-order valence-electron chi connectivity index (χ0n) is 7.41. The molecule has 1 rings (SSSR count). The lowest BCUT2D eigenvalue weighted by Crippen LogP contribution is -1.95. The summed E-state index contributed by atoms with van der Waals surface area (Å²) in [5, 5.41) is 9.68. The highest BCUT2D eigenvalue weighted by atomic mass is 79.9. The fourth-order valence-electron chi connectivity index (χ4n) is 1.13. The molecule has 13 heavy (non-hydrogen) atoms. The molecular formula is C11H13BrO. The lowest BCUT2D eigenvalue weighted by molar-refractivity contribution is 0.169. The highest BCUT2D eigenvalue weighted by Crippen LogP contribution is 2.20. The van der Waals surface area contributed by atoms with Crippen LogP contribution in [0.5, 0.6) is 0 Å². The third kappa shape index (κ3) is 3.33. The van der Waals surface area contributed by atoms with E-state index in [0.717, 1.165) is 22.9 Å². The quantitative estimate of drug-likeness (QED) is 0.800. The molecule has 0 aliphatic heterocycles. The Balaban J connectivity index is 2.60. The Bertz CT molecular complexity index is 266. The summed E-state index contributed by atoms with van der Waals surface area (Å²) in [6, 6.07) is 7.73. The van der Waals surface area contributed by atoms with Crippen molar-refractivity contribution < 1.29 is 5.11 Å². The summed E-state index contributed by atoms with van der Waals surface area (Å²) in [6.07, 6.45) is 3.04. The first-order chi connectivity index (χ1) is 6.24. The average Bonchev–Trinajstić information content (AvgIpc) is 2.15. The third-order valence-corrected chi connectivity index (χ3v) is 2.43. The van der Waals surface area contributed by atoms with Crippen molar-refractivity contribution >= 4 is 15.9 Å². The number of hydrogen-bond donors (Lipinski definition) is 1. The van der Waals surface area contributed by atoms with Crippen LogP contribution in [-0.4, -0.2) is 5.11 Å². The van der Waals surface area contributed by atoms with Gasteiger partial charge in [-0.15, -0.1) is 6.58 Å². The maximum atomic E-state index is 9.68. The summed E-state index contributed by atoms with van der Waals surface area (Å²) in [7, 11) is 0. The molecular weight excluding hydrogens is 228 g/mol. The molecule has 0 fully saturated rings. The Hall–Kier alpha value is -0.600. The first-order valence-corrected chi connectivity index (χ1v) is 5.07. The molecule has 1 N–H and O–H groups in total. The number of rotatable bonds is 4. The summed E-state index contributed by atoms with van der Waals surface area (Å²) < 4.78 is 1.03. The molecule has 1 nitrogen and oxygen atoms in total. The number of allylic oxidation sites excluding steroid dienone is 1. The first kappa shape index (κ1) is 10.5. The van der Waals surface area contributed by atoms with E-state index in [-0.39, 0.29) is 6.10 Å². The van der Waals surface area contributed by atoms with E-state index in [4.69, 9.17) is 0 Å². The molecule has 0 heterocycles. The molecule has 0 aliphatic rings. The minimum atomic E-state index is -0.369. The van der Waals surface area contributed by atoms with Crippen molar-refractivity contribution in [3.63, 3.8) is 0 Å².